The van der Waals surface area contributed by atoms with Crippen LogP contribution in [0.1, 0.15) is 108 Å². The lowest BCUT2D eigenvalue weighted by Crippen LogP contribution is -2.07. The number of esters is 1. The van der Waals surface area contributed by atoms with Crippen molar-refractivity contribution in [1.29, 1.82) is 0 Å². The molecule has 2 aromatic carbocycles. The molecule has 0 fully saturated rings. The Morgan fingerprint density at radius 2 is 1.27 bits per heavy atom. The molecule has 0 bridgehead atoms. The van der Waals surface area contributed by atoms with Crippen molar-refractivity contribution in [2.45, 2.75) is 96.8 Å². The molecule has 0 atom stereocenters. The highest BCUT2D eigenvalue weighted by Gasteiger charge is 2.07. The zero-order valence-corrected chi connectivity index (χ0v) is 20.4. The maximum atomic E-state index is 12.2. The third-order valence-electron chi connectivity index (χ3n) is 5.90. The van der Waals surface area contributed by atoms with Crippen molar-refractivity contribution in [1.82, 2.24) is 0 Å². The maximum Gasteiger partial charge on any atom is 0.311 e. The molecule has 1 N–H and O–H groups in total. The number of hydrogen-bond donors (Lipinski definition) is 1. The predicted molar refractivity (Wildman–Crippen MR) is 139 cm³/mol. The molecule has 0 aliphatic heterocycles. The topological polar surface area (TPSA) is 46.5 Å². The lowest BCUT2D eigenvalue weighted by Gasteiger charge is -2.07. The second-order valence-electron chi connectivity index (χ2n) is 8.97. The van der Waals surface area contributed by atoms with Gasteiger partial charge in [0.25, 0.3) is 0 Å². The van der Waals surface area contributed by atoms with E-state index in [1.165, 1.54) is 76.7 Å². The number of hydrogen-bond acceptors (Lipinski definition) is 3. The maximum absolute atomic E-state index is 12.2. The molecule has 0 aliphatic carbocycles. The quantitative estimate of drug-likeness (QED) is 0.113. The van der Waals surface area contributed by atoms with Gasteiger partial charge >= 0.3 is 5.97 Å². The molecule has 3 heteroatoms. The smallest absolute Gasteiger partial charge is 0.311 e. The molecular weight excluding hydrogens is 408 g/mol. The molecule has 2 rings (SSSR count). The average Bonchev–Trinajstić information content (AvgIpc) is 2.81. The molecule has 33 heavy (non-hydrogen) atoms. The summed E-state index contributed by atoms with van der Waals surface area (Å²) in [6.07, 6.45) is 21.0. The summed E-state index contributed by atoms with van der Waals surface area (Å²) < 4.78 is 5.46. The van der Waals surface area contributed by atoms with Crippen LogP contribution in [0.25, 0.3) is 12.2 Å². The fourth-order valence-corrected chi connectivity index (χ4v) is 3.99. The van der Waals surface area contributed by atoms with Crippen molar-refractivity contribution >= 4 is 18.1 Å². The summed E-state index contributed by atoms with van der Waals surface area (Å²) in [7, 11) is 0. The number of ether oxygens (including phenoxy) is 1. The third-order valence-corrected chi connectivity index (χ3v) is 5.90. The summed E-state index contributed by atoms with van der Waals surface area (Å²) in [5.74, 6) is 0.248. The first kappa shape index (κ1) is 26.7. The van der Waals surface area contributed by atoms with Crippen molar-refractivity contribution in [3.05, 3.63) is 59.7 Å². The van der Waals surface area contributed by atoms with Gasteiger partial charge in [-0.2, -0.15) is 0 Å². The molecule has 0 spiro atoms. The Labute approximate surface area is 200 Å². The van der Waals surface area contributed by atoms with Gasteiger partial charge < -0.3 is 9.84 Å². The number of phenolic OH excluding ortho intramolecular Hbond substituents is 1. The van der Waals surface area contributed by atoms with Crippen molar-refractivity contribution < 1.29 is 14.6 Å². The first-order chi connectivity index (χ1) is 16.2. The van der Waals surface area contributed by atoms with E-state index in [4.69, 9.17) is 4.74 Å². The van der Waals surface area contributed by atoms with E-state index in [2.05, 4.69) is 6.92 Å². The zero-order chi connectivity index (χ0) is 23.6. The van der Waals surface area contributed by atoms with E-state index in [1.54, 1.807) is 12.1 Å². The molecule has 0 aromatic heterocycles. The Morgan fingerprint density at radius 1 is 0.727 bits per heavy atom. The highest BCUT2D eigenvalue weighted by atomic mass is 16.5. The molecule has 0 radical (unpaired) electrons. The van der Waals surface area contributed by atoms with Gasteiger partial charge in [0.1, 0.15) is 11.5 Å². The van der Waals surface area contributed by atoms with Crippen LogP contribution in [0.4, 0.5) is 0 Å². The van der Waals surface area contributed by atoms with Crippen LogP contribution in [-0.4, -0.2) is 11.1 Å². The van der Waals surface area contributed by atoms with Crippen molar-refractivity contribution in [3.8, 4) is 11.5 Å². The predicted octanol–water partition coefficient (Wildman–Crippen LogP) is 8.95. The minimum atomic E-state index is -0.235. The van der Waals surface area contributed by atoms with Crippen LogP contribution in [-0.2, 0) is 4.79 Å². The van der Waals surface area contributed by atoms with Gasteiger partial charge in [0.15, 0.2) is 0 Å². The summed E-state index contributed by atoms with van der Waals surface area (Å²) in [6.45, 7) is 2.26. The van der Waals surface area contributed by atoms with Crippen LogP contribution < -0.4 is 4.74 Å². The van der Waals surface area contributed by atoms with E-state index in [-0.39, 0.29) is 11.7 Å². The van der Waals surface area contributed by atoms with Gasteiger partial charge in [0.05, 0.1) is 0 Å². The lowest BCUT2D eigenvalue weighted by molar-refractivity contribution is -0.134. The summed E-state index contributed by atoms with van der Waals surface area (Å²) in [4.78, 5) is 12.2. The number of unbranched alkanes of at least 4 members (excludes halogenated alkanes) is 12. The van der Waals surface area contributed by atoms with E-state index in [0.717, 1.165) is 24.0 Å². The van der Waals surface area contributed by atoms with Gasteiger partial charge in [-0.3, -0.25) is 4.79 Å². The Balaban J connectivity index is 1.56. The van der Waals surface area contributed by atoms with Crippen molar-refractivity contribution in [2.24, 2.45) is 0 Å². The van der Waals surface area contributed by atoms with Gasteiger partial charge in [-0.25, -0.2) is 0 Å². The van der Waals surface area contributed by atoms with Gasteiger partial charge in [-0.05, 0) is 29.7 Å². The summed E-state index contributed by atoms with van der Waals surface area (Å²) in [6, 6.07) is 14.9. The highest BCUT2D eigenvalue weighted by molar-refractivity contribution is 5.74. The van der Waals surface area contributed by atoms with E-state index in [1.807, 2.05) is 42.5 Å². The Bertz CT molecular complexity index is 811. The normalized spacial score (nSPS) is 11.2. The van der Waals surface area contributed by atoms with Crippen LogP contribution >= 0.6 is 0 Å². The third kappa shape index (κ3) is 12.9. The molecular formula is C30H42O3. The molecule has 0 unspecified atom stereocenters. The molecule has 0 aliphatic rings. The molecule has 0 saturated heterocycles. The zero-order valence-electron chi connectivity index (χ0n) is 20.4. The fourth-order valence-electron chi connectivity index (χ4n) is 3.99. The van der Waals surface area contributed by atoms with Gasteiger partial charge in [0.2, 0.25) is 0 Å². The van der Waals surface area contributed by atoms with Crippen LogP contribution in [0, 0.1) is 0 Å². The second kappa shape index (κ2) is 17.0. The number of benzene rings is 2. The summed E-state index contributed by atoms with van der Waals surface area (Å²) in [5, 5.41) is 9.98. The van der Waals surface area contributed by atoms with Crippen LogP contribution in [0.15, 0.2) is 48.5 Å². The Kier molecular flexibility index (Phi) is 13.8. The van der Waals surface area contributed by atoms with E-state index >= 15 is 0 Å². The van der Waals surface area contributed by atoms with Gasteiger partial charge in [0, 0.05) is 12.5 Å². The first-order valence-corrected chi connectivity index (χ1v) is 13.0. The van der Waals surface area contributed by atoms with Crippen molar-refractivity contribution in [3.63, 3.8) is 0 Å². The lowest BCUT2D eigenvalue weighted by atomic mass is 10.0. The summed E-state index contributed by atoms with van der Waals surface area (Å²) in [5.41, 5.74) is 1.87. The molecule has 2 aromatic rings. The summed E-state index contributed by atoms with van der Waals surface area (Å²) >= 11 is 0. The number of aromatic hydroxyl groups is 1. The monoisotopic (exact) mass is 450 g/mol. The number of carbonyl (C=O) groups is 1. The molecule has 180 valence electrons. The minimum Gasteiger partial charge on any atom is -0.508 e. The first-order valence-electron chi connectivity index (χ1n) is 13.0. The van der Waals surface area contributed by atoms with Crippen LogP contribution in [0.3, 0.4) is 0 Å². The molecule has 3 nitrogen and oxygen atoms in total. The highest BCUT2D eigenvalue weighted by Crippen LogP contribution is 2.24. The van der Waals surface area contributed by atoms with Gasteiger partial charge in [-0.1, -0.05) is 126 Å². The molecule has 0 heterocycles. The van der Waals surface area contributed by atoms with Crippen LogP contribution in [0.5, 0.6) is 11.5 Å². The Morgan fingerprint density at radius 3 is 1.88 bits per heavy atom. The Hall–Kier alpha value is -2.55. The van der Waals surface area contributed by atoms with Crippen LogP contribution in [0.2, 0.25) is 0 Å². The average molecular weight is 451 g/mol. The number of rotatable bonds is 17. The standard InChI is InChI=1S/C30H42O3/c1-2-3-4-5-6-7-8-9-10-11-12-13-17-20-30(32)33-29-24-27(23-28(31)25-29)22-21-26-18-15-14-16-19-26/h14-16,18-19,21-25,31H,2-13,17,20H2,1H3/b22-21+. The number of phenols is 1. The SMILES string of the molecule is CCCCCCCCCCCCCCCC(=O)Oc1cc(O)cc(/C=C/c2ccccc2)c1. The largest absolute Gasteiger partial charge is 0.508 e. The van der Waals surface area contributed by atoms with Gasteiger partial charge in [-0.15, -0.1) is 0 Å². The fraction of sp³-hybridized carbons (Fsp3) is 0.500. The van der Waals surface area contributed by atoms with Crippen molar-refractivity contribution in [2.75, 3.05) is 0 Å². The minimum absolute atomic E-state index is 0.0916. The molecule has 0 amide bonds. The van der Waals surface area contributed by atoms with E-state index in [0.29, 0.717) is 12.2 Å². The molecule has 0 saturated carbocycles. The van der Waals surface area contributed by atoms with E-state index < -0.39 is 0 Å². The number of carbonyl (C=O) groups excluding carboxylic acids is 1. The van der Waals surface area contributed by atoms with E-state index in [9.17, 15) is 9.90 Å². The second-order valence-corrected chi connectivity index (χ2v) is 8.97.